The average molecular weight is 159 g/mol. The summed E-state index contributed by atoms with van der Waals surface area (Å²) < 4.78 is 1.78. The first-order chi connectivity index (χ1) is 5.79. The van der Waals surface area contributed by atoms with E-state index in [4.69, 9.17) is 0 Å². The summed E-state index contributed by atoms with van der Waals surface area (Å²) in [7, 11) is 0. The molecule has 0 amide bonds. The molecule has 0 N–H and O–H groups in total. The Morgan fingerprint density at radius 3 is 3.17 bits per heavy atom. The lowest BCUT2D eigenvalue weighted by molar-refractivity contribution is 0.920. The first-order valence-electron chi connectivity index (χ1n) is 3.73. The Labute approximate surface area is 70.4 Å². The predicted octanol–water partition coefficient (Wildman–Crippen LogP) is 1.76. The van der Waals surface area contributed by atoms with Gasteiger partial charge in [0.15, 0.2) is 5.65 Å². The molecule has 60 valence electrons. The van der Waals surface area contributed by atoms with Crippen molar-refractivity contribution in [1.82, 2.24) is 14.6 Å². The third-order valence-electron chi connectivity index (χ3n) is 1.72. The van der Waals surface area contributed by atoms with Gasteiger partial charge in [-0.2, -0.15) is 5.10 Å². The van der Waals surface area contributed by atoms with Gasteiger partial charge in [0, 0.05) is 6.20 Å². The second-order valence-electron chi connectivity index (χ2n) is 2.72. The van der Waals surface area contributed by atoms with Crippen LogP contribution in [0.4, 0.5) is 0 Å². The first kappa shape index (κ1) is 7.03. The molecule has 3 heteroatoms. The fourth-order valence-electron chi connectivity index (χ4n) is 1.12. The number of aromatic nitrogens is 3. The minimum absolute atomic E-state index is 0.857. The number of imidazole rings is 1. The highest BCUT2D eigenvalue weighted by molar-refractivity contribution is 5.60. The van der Waals surface area contributed by atoms with Gasteiger partial charge in [0.05, 0.1) is 11.9 Å². The molecule has 0 spiro atoms. The number of allylic oxidation sites excluding steroid dienone is 1. The minimum atomic E-state index is 0.857. The lowest BCUT2D eigenvalue weighted by Gasteiger charge is -1.96. The fraction of sp³-hybridized carbons (Fsp3) is 0.111. The van der Waals surface area contributed by atoms with Crippen molar-refractivity contribution in [2.75, 3.05) is 0 Å². The van der Waals surface area contributed by atoms with Gasteiger partial charge in [0.2, 0.25) is 0 Å². The average Bonchev–Trinajstić information content (AvgIpc) is 2.47. The molecular formula is C9H9N3. The Hall–Kier alpha value is -1.64. The number of hydrogen-bond donors (Lipinski definition) is 0. The van der Waals surface area contributed by atoms with Crippen molar-refractivity contribution < 1.29 is 0 Å². The number of fused-ring (bicyclic) bond motifs is 1. The van der Waals surface area contributed by atoms with Gasteiger partial charge in [-0.05, 0) is 24.6 Å². The molecule has 0 saturated carbocycles. The maximum atomic E-state index is 4.18. The van der Waals surface area contributed by atoms with Gasteiger partial charge in [-0.1, -0.05) is 6.58 Å². The molecule has 2 aromatic heterocycles. The zero-order chi connectivity index (χ0) is 8.55. The van der Waals surface area contributed by atoms with Gasteiger partial charge in [-0.3, -0.25) is 0 Å². The van der Waals surface area contributed by atoms with Crippen LogP contribution in [-0.2, 0) is 0 Å². The first-order valence-corrected chi connectivity index (χ1v) is 3.73. The quantitative estimate of drug-likeness (QED) is 0.634. The van der Waals surface area contributed by atoms with Crippen LogP contribution in [0, 0.1) is 0 Å². The van der Waals surface area contributed by atoms with Crippen LogP contribution in [0.25, 0.3) is 11.2 Å². The summed E-state index contributed by atoms with van der Waals surface area (Å²) >= 11 is 0. The van der Waals surface area contributed by atoms with E-state index in [0.717, 1.165) is 16.9 Å². The smallest absolute Gasteiger partial charge is 0.154 e. The number of rotatable bonds is 1. The van der Waals surface area contributed by atoms with Crippen LogP contribution in [0.5, 0.6) is 0 Å². The van der Waals surface area contributed by atoms with Crippen molar-refractivity contribution in [3.05, 3.63) is 36.8 Å². The lowest BCUT2D eigenvalue weighted by Crippen LogP contribution is -1.93. The molecule has 12 heavy (non-hydrogen) atoms. The molecule has 0 aliphatic heterocycles. The minimum Gasteiger partial charge on any atom is -0.235 e. The van der Waals surface area contributed by atoms with Crippen LogP contribution < -0.4 is 0 Å². The van der Waals surface area contributed by atoms with E-state index >= 15 is 0 Å². The maximum Gasteiger partial charge on any atom is 0.154 e. The Morgan fingerprint density at radius 1 is 1.58 bits per heavy atom. The van der Waals surface area contributed by atoms with Gasteiger partial charge in [-0.25, -0.2) is 9.50 Å². The van der Waals surface area contributed by atoms with E-state index in [1.165, 1.54) is 0 Å². The van der Waals surface area contributed by atoms with Gasteiger partial charge in [0.25, 0.3) is 0 Å². The molecule has 0 aliphatic rings. The standard InChI is InChI=1S/C9H9N3/c1-7(2)8-6-10-9-4-3-5-11-12(8)9/h3-6H,1H2,2H3. The molecule has 0 unspecified atom stereocenters. The highest BCUT2D eigenvalue weighted by Crippen LogP contribution is 2.11. The predicted molar refractivity (Wildman–Crippen MR) is 47.7 cm³/mol. The molecular weight excluding hydrogens is 150 g/mol. The molecule has 2 aromatic rings. The van der Waals surface area contributed by atoms with Gasteiger partial charge in [0.1, 0.15) is 0 Å². The monoisotopic (exact) mass is 159 g/mol. The van der Waals surface area contributed by atoms with Crippen molar-refractivity contribution in [3.63, 3.8) is 0 Å². The van der Waals surface area contributed by atoms with Crippen molar-refractivity contribution in [2.24, 2.45) is 0 Å². The third-order valence-corrected chi connectivity index (χ3v) is 1.72. The molecule has 0 aliphatic carbocycles. The van der Waals surface area contributed by atoms with Crippen molar-refractivity contribution >= 4 is 11.2 Å². The van der Waals surface area contributed by atoms with E-state index in [1.807, 2.05) is 19.1 Å². The summed E-state index contributed by atoms with van der Waals surface area (Å²) in [5.74, 6) is 0. The molecule has 0 atom stereocenters. The summed E-state index contributed by atoms with van der Waals surface area (Å²) in [4.78, 5) is 4.18. The highest BCUT2D eigenvalue weighted by atomic mass is 15.2. The zero-order valence-electron chi connectivity index (χ0n) is 6.86. The summed E-state index contributed by atoms with van der Waals surface area (Å²) in [6.45, 7) is 5.79. The van der Waals surface area contributed by atoms with Crippen LogP contribution in [0.2, 0.25) is 0 Å². The van der Waals surface area contributed by atoms with E-state index in [9.17, 15) is 0 Å². The fourth-order valence-corrected chi connectivity index (χ4v) is 1.12. The van der Waals surface area contributed by atoms with Gasteiger partial charge >= 0.3 is 0 Å². The van der Waals surface area contributed by atoms with Crippen molar-refractivity contribution in [1.29, 1.82) is 0 Å². The van der Waals surface area contributed by atoms with E-state index in [2.05, 4.69) is 16.7 Å². The van der Waals surface area contributed by atoms with Crippen LogP contribution in [0.15, 0.2) is 31.1 Å². The number of hydrogen-bond acceptors (Lipinski definition) is 2. The Kier molecular flexibility index (Phi) is 1.43. The van der Waals surface area contributed by atoms with Crippen LogP contribution in [0.3, 0.4) is 0 Å². The molecule has 3 nitrogen and oxygen atoms in total. The number of nitrogens with zero attached hydrogens (tertiary/aromatic N) is 3. The second kappa shape index (κ2) is 2.44. The summed E-state index contributed by atoms with van der Waals surface area (Å²) in [6.07, 6.45) is 3.52. The van der Waals surface area contributed by atoms with Gasteiger partial charge < -0.3 is 0 Å². The van der Waals surface area contributed by atoms with Crippen LogP contribution >= 0.6 is 0 Å². The molecule has 2 heterocycles. The second-order valence-corrected chi connectivity index (χ2v) is 2.72. The molecule has 0 saturated heterocycles. The van der Waals surface area contributed by atoms with Gasteiger partial charge in [-0.15, -0.1) is 0 Å². The maximum absolute atomic E-state index is 4.18. The summed E-state index contributed by atoms with van der Waals surface area (Å²) in [5, 5.41) is 4.16. The molecule has 0 fully saturated rings. The molecule has 2 rings (SSSR count). The largest absolute Gasteiger partial charge is 0.235 e. The van der Waals surface area contributed by atoms with E-state index in [-0.39, 0.29) is 0 Å². The Balaban J connectivity index is 2.79. The SMILES string of the molecule is C=C(C)c1cnc2cccnn12. The summed E-state index contributed by atoms with van der Waals surface area (Å²) in [6, 6.07) is 3.78. The normalized spacial score (nSPS) is 10.4. The highest BCUT2D eigenvalue weighted by Gasteiger charge is 2.02. The van der Waals surface area contributed by atoms with E-state index in [0.29, 0.717) is 0 Å². The Morgan fingerprint density at radius 2 is 2.42 bits per heavy atom. The Bertz CT molecular complexity index is 428. The molecule has 0 bridgehead atoms. The summed E-state index contributed by atoms with van der Waals surface area (Å²) in [5.41, 5.74) is 2.79. The third kappa shape index (κ3) is 0.906. The van der Waals surface area contributed by atoms with Crippen molar-refractivity contribution in [2.45, 2.75) is 6.92 Å². The van der Waals surface area contributed by atoms with Crippen LogP contribution in [0.1, 0.15) is 12.6 Å². The molecule has 0 radical (unpaired) electrons. The zero-order valence-corrected chi connectivity index (χ0v) is 6.86. The van der Waals surface area contributed by atoms with Crippen LogP contribution in [-0.4, -0.2) is 14.6 Å². The topological polar surface area (TPSA) is 30.2 Å². The van der Waals surface area contributed by atoms with E-state index < -0.39 is 0 Å². The lowest BCUT2D eigenvalue weighted by atomic mass is 10.3. The van der Waals surface area contributed by atoms with Crippen molar-refractivity contribution in [3.8, 4) is 0 Å². The molecule has 0 aromatic carbocycles. The van der Waals surface area contributed by atoms with E-state index in [1.54, 1.807) is 16.9 Å².